The van der Waals surface area contributed by atoms with Crippen LogP contribution >= 0.6 is 34.5 Å². The highest BCUT2D eigenvalue weighted by atomic mass is 35.5. The summed E-state index contributed by atoms with van der Waals surface area (Å²) >= 11 is 14.0. The van der Waals surface area contributed by atoms with Gasteiger partial charge in [0.05, 0.1) is 20.6 Å². The Hall–Kier alpha value is -3.83. The van der Waals surface area contributed by atoms with Gasteiger partial charge in [0.2, 0.25) is 0 Å². The summed E-state index contributed by atoms with van der Waals surface area (Å²) < 4.78 is 17.2. The minimum Gasteiger partial charge on any atom is -0.619 e. The first-order chi connectivity index (χ1) is 20.2. The van der Waals surface area contributed by atoms with Crippen molar-refractivity contribution in [2.45, 2.75) is 31.5 Å². The molecule has 0 radical (unpaired) electrons. The summed E-state index contributed by atoms with van der Waals surface area (Å²) in [5, 5.41) is 24.7. The number of rotatable bonds is 13. The van der Waals surface area contributed by atoms with E-state index < -0.39 is 24.1 Å². The van der Waals surface area contributed by atoms with Gasteiger partial charge in [-0.05, 0) is 35.4 Å². The van der Waals surface area contributed by atoms with E-state index in [0.717, 1.165) is 9.75 Å². The standard InChI is InChI=1S/C30H28Cl2N2O7S/c1-39-25-11-8-19(12-27(25)40-2)26(14-22-23(31)16-34(38)17-24(22)32)41-28(35)13-20-9-10-21(42-20)15-33-29(30(36)37)18-6-4-3-5-7-18/h3-12,16-17,26,29,33H,13-15H2,1-2H3,(H,36,37)/t26-,29?/m0/s1. The summed E-state index contributed by atoms with van der Waals surface area (Å²) in [6.07, 6.45) is 1.66. The summed E-state index contributed by atoms with van der Waals surface area (Å²) in [6.45, 7) is 0.310. The summed E-state index contributed by atoms with van der Waals surface area (Å²) in [5.41, 5.74) is 1.72. The zero-order valence-corrected chi connectivity index (χ0v) is 25.0. The second-order valence-electron chi connectivity index (χ2n) is 9.20. The molecule has 0 aliphatic rings. The maximum atomic E-state index is 13.2. The van der Waals surface area contributed by atoms with Crippen LogP contribution in [0.3, 0.4) is 0 Å². The van der Waals surface area contributed by atoms with E-state index in [0.29, 0.717) is 39.5 Å². The van der Waals surface area contributed by atoms with Crippen molar-refractivity contribution in [1.82, 2.24) is 5.32 Å². The molecule has 0 aliphatic carbocycles. The molecule has 0 bridgehead atoms. The van der Waals surface area contributed by atoms with Gasteiger partial charge in [-0.2, -0.15) is 4.73 Å². The van der Waals surface area contributed by atoms with E-state index in [1.807, 2.05) is 18.2 Å². The van der Waals surface area contributed by atoms with Crippen LogP contribution in [0.4, 0.5) is 0 Å². The minimum atomic E-state index is -0.980. The fourth-order valence-corrected chi connectivity index (χ4v) is 5.90. The summed E-state index contributed by atoms with van der Waals surface area (Å²) in [4.78, 5) is 26.6. The molecule has 2 aromatic carbocycles. The highest BCUT2D eigenvalue weighted by Crippen LogP contribution is 2.35. The van der Waals surface area contributed by atoms with Gasteiger partial charge in [0, 0.05) is 28.3 Å². The third-order valence-electron chi connectivity index (χ3n) is 6.40. The second kappa shape index (κ2) is 14.4. The van der Waals surface area contributed by atoms with E-state index in [9.17, 15) is 19.9 Å². The molecule has 0 aliphatic heterocycles. The molecule has 4 aromatic rings. The lowest BCUT2D eigenvalue weighted by Gasteiger charge is -2.21. The number of aromatic nitrogens is 1. The molecule has 42 heavy (non-hydrogen) atoms. The smallest absolute Gasteiger partial charge is 0.325 e. The van der Waals surface area contributed by atoms with Crippen LogP contribution in [0.25, 0.3) is 0 Å². The number of aliphatic carboxylic acids is 1. The Balaban J connectivity index is 1.49. The molecule has 12 heteroatoms. The first-order valence-electron chi connectivity index (χ1n) is 12.7. The number of carboxylic acids is 1. The van der Waals surface area contributed by atoms with Gasteiger partial charge in [0.1, 0.15) is 22.2 Å². The zero-order chi connectivity index (χ0) is 30.2. The molecule has 2 heterocycles. The maximum Gasteiger partial charge on any atom is 0.325 e. The first kappa shape index (κ1) is 31.1. The SMILES string of the molecule is COc1ccc([C@H](Cc2c(Cl)c[n+]([O-])cc2Cl)OC(=O)Cc2ccc(CNC(C(=O)O)c3ccccc3)s2)cc1OC. The Kier molecular flexibility index (Phi) is 10.6. The van der Waals surface area contributed by atoms with Gasteiger partial charge in [0.25, 0.3) is 0 Å². The van der Waals surface area contributed by atoms with Gasteiger partial charge in [-0.25, -0.2) is 0 Å². The van der Waals surface area contributed by atoms with Gasteiger partial charge in [0.15, 0.2) is 23.9 Å². The number of carbonyl (C=O) groups excluding carboxylic acids is 1. The number of pyridine rings is 1. The predicted octanol–water partition coefficient (Wildman–Crippen LogP) is 5.69. The number of esters is 1. The van der Waals surface area contributed by atoms with Crippen molar-refractivity contribution < 1.29 is 33.6 Å². The second-order valence-corrected chi connectivity index (χ2v) is 11.3. The largest absolute Gasteiger partial charge is 0.619 e. The number of carboxylic acid groups (broad SMARTS) is 1. The van der Waals surface area contributed by atoms with Crippen molar-refractivity contribution in [3.05, 3.63) is 115 Å². The number of halogens is 2. The molecule has 2 N–H and O–H groups in total. The number of benzene rings is 2. The van der Waals surface area contributed by atoms with Gasteiger partial charge >= 0.3 is 11.9 Å². The number of hydrogen-bond acceptors (Lipinski definition) is 8. The fourth-order valence-electron chi connectivity index (χ4n) is 4.34. The van der Waals surface area contributed by atoms with E-state index in [2.05, 4.69) is 5.32 Å². The van der Waals surface area contributed by atoms with Crippen LogP contribution in [0, 0.1) is 5.21 Å². The van der Waals surface area contributed by atoms with Gasteiger partial charge in [-0.1, -0.05) is 59.6 Å². The fraction of sp³-hybridized carbons (Fsp3) is 0.233. The van der Waals surface area contributed by atoms with Crippen LogP contribution in [0.15, 0.2) is 73.1 Å². The van der Waals surface area contributed by atoms with Crippen molar-refractivity contribution in [3.8, 4) is 11.5 Å². The van der Waals surface area contributed by atoms with Crippen molar-refractivity contribution in [2.75, 3.05) is 14.2 Å². The average Bonchev–Trinajstić information content (AvgIpc) is 3.41. The summed E-state index contributed by atoms with van der Waals surface area (Å²) in [5.74, 6) is -0.520. The molecule has 0 fully saturated rings. The van der Waals surface area contributed by atoms with Crippen molar-refractivity contribution in [3.63, 3.8) is 0 Å². The van der Waals surface area contributed by atoms with Gasteiger partial charge < -0.3 is 24.5 Å². The quantitative estimate of drug-likeness (QED) is 0.110. The van der Waals surface area contributed by atoms with Crippen LogP contribution in [-0.4, -0.2) is 31.3 Å². The van der Waals surface area contributed by atoms with Crippen molar-refractivity contribution in [2.24, 2.45) is 0 Å². The van der Waals surface area contributed by atoms with E-state index >= 15 is 0 Å². The topological polar surface area (TPSA) is 121 Å². The van der Waals surface area contributed by atoms with Gasteiger partial charge in [-0.3, -0.25) is 14.9 Å². The third kappa shape index (κ3) is 7.92. The highest BCUT2D eigenvalue weighted by molar-refractivity contribution is 7.12. The van der Waals surface area contributed by atoms with Crippen LogP contribution in [0.5, 0.6) is 11.5 Å². The van der Waals surface area contributed by atoms with Crippen LogP contribution in [-0.2, 0) is 33.7 Å². The molecular weight excluding hydrogens is 603 g/mol. The monoisotopic (exact) mass is 630 g/mol. The lowest BCUT2D eigenvalue weighted by atomic mass is 10.0. The van der Waals surface area contributed by atoms with Crippen LogP contribution in [0.2, 0.25) is 10.0 Å². The van der Waals surface area contributed by atoms with Gasteiger partial charge in [-0.15, -0.1) is 11.3 Å². The molecule has 1 unspecified atom stereocenters. The van der Waals surface area contributed by atoms with E-state index in [1.54, 1.807) is 42.5 Å². The Morgan fingerprint density at radius 3 is 2.26 bits per heavy atom. The number of thiophene rings is 1. The molecular formula is C30H28Cl2N2O7S. The number of nitrogens with zero attached hydrogens (tertiary/aromatic N) is 1. The lowest BCUT2D eigenvalue weighted by Crippen LogP contribution is -2.27. The predicted molar refractivity (Wildman–Crippen MR) is 159 cm³/mol. The molecule has 0 amide bonds. The number of carbonyl (C=O) groups is 2. The van der Waals surface area contributed by atoms with E-state index in [-0.39, 0.29) is 22.9 Å². The molecule has 0 saturated heterocycles. The summed E-state index contributed by atoms with van der Waals surface area (Å²) in [6, 6.07) is 16.9. The maximum absolute atomic E-state index is 13.2. The lowest BCUT2D eigenvalue weighted by molar-refractivity contribution is -0.605. The number of nitrogens with one attached hydrogen (secondary N) is 1. The Bertz CT molecular complexity index is 1520. The van der Waals surface area contributed by atoms with E-state index in [1.165, 1.54) is 38.0 Å². The van der Waals surface area contributed by atoms with E-state index in [4.69, 9.17) is 37.4 Å². The number of hydrogen-bond donors (Lipinski definition) is 2. The molecule has 2 aromatic heterocycles. The molecule has 0 saturated carbocycles. The third-order valence-corrected chi connectivity index (χ3v) is 8.13. The van der Waals surface area contributed by atoms with Crippen molar-refractivity contribution in [1.29, 1.82) is 0 Å². The first-order valence-corrected chi connectivity index (χ1v) is 14.3. The normalized spacial score (nSPS) is 12.4. The van der Waals surface area contributed by atoms with Crippen LogP contribution in [0.1, 0.15) is 38.6 Å². The Morgan fingerprint density at radius 2 is 1.62 bits per heavy atom. The van der Waals surface area contributed by atoms with Crippen LogP contribution < -0.4 is 19.5 Å². The molecule has 2 atom stereocenters. The number of ether oxygens (including phenoxy) is 3. The highest BCUT2D eigenvalue weighted by Gasteiger charge is 2.24. The van der Waals surface area contributed by atoms with Crippen molar-refractivity contribution >= 4 is 46.5 Å². The minimum absolute atomic E-state index is 0.00762. The number of methoxy groups -OCH3 is 2. The average molecular weight is 632 g/mol. The molecule has 4 rings (SSSR count). The molecule has 220 valence electrons. The Morgan fingerprint density at radius 1 is 0.952 bits per heavy atom. The molecule has 9 nitrogen and oxygen atoms in total. The zero-order valence-electron chi connectivity index (χ0n) is 22.7. The summed E-state index contributed by atoms with van der Waals surface area (Å²) in [7, 11) is 3.02. The Labute approximate surface area is 256 Å². The molecule has 0 spiro atoms.